The van der Waals surface area contributed by atoms with Gasteiger partial charge in [-0.1, -0.05) is 38.1 Å². The van der Waals surface area contributed by atoms with Crippen molar-refractivity contribution in [1.82, 2.24) is 0 Å². The van der Waals surface area contributed by atoms with Crippen LogP contribution >= 0.6 is 0 Å². The molecule has 1 aromatic rings. The Balaban J connectivity index is 2.49. The van der Waals surface area contributed by atoms with Gasteiger partial charge in [-0.15, -0.1) is 0 Å². The van der Waals surface area contributed by atoms with Gasteiger partial charge in [-0.05, 0) is 17.5 Å². The quantitative estimate of drug-likeness (QED) is 0.552. The van der Waals surface area contributed by atoms with Crippen LogP contribution in [0.2, 0.25) is 0 Å². The Bertz CT molecular complexity index is 302. The molecule has 0 N–H and O–H groups in total. The van der Waals surface area contributed by atoms with E-state index in [0.29, 0.717) is 0 Å². The summed E-state index contributed by atoms with van der Waals surface area (Å²) < 4.78 is 13.7. The van der Waals surface area contributed by atoms with Gasteiger partial charge in [-0.3, -0.25) is 0 Å². The van der Waals surface area contributed by atoms with Crippen LogP contribution in [0.5, 0.6) is 0 Å². The van der Waals surface area contributed by atoms with E-state index in [1.54, 1.807) is 0 Å². The van der Waals surface area contributed by atoms with E-state index < -0.39 is 6.17 Å². The standard InChI is InChI=1S/C11H13F/c1-11(2)7-8-5-3-4-6-9(8)10(11)12/h3-6,10H,7H2,1-2H3. The van der Waals surface area contributed by atoms with Crippen molar-refractivity contribution >= 4 is 0 Å². The zero-order valence-electron chi connectivity index (χ0n) is 7.47. The highest BCUT2D eigenvalue weighted by atomic mass is 19.1. The minimum Gasteiger partial charge on any atom is -0.242 e. The summed E-state index contributed by atoms with van der Waals surface area (Å²) in [5, 5.41) is 0. The molecule has 1 aromatic carbocycles. The van der Waals surface area contributed by atoms with Gasteiger partial charge in [0.2, 0.25) is 0 Å². The van der Waals surface area contributed by atoms with E-state index >= 15 is 0 Å². The van der Waals surface area contributed by atoms with Crippen LogP contribution in [0.25, 0.3) is 0 Å². The van der Waals surface area contributed by atoms with Crippen molar-refractivity contribution in [3.63, 3.8) is 0 Å². The van der Waals surface area contributed by atoms with Gasteiger partial charge in [0.05, 0.1) is 0 Å². The van der Waals surface area contributed by atoms with Gasteiger partial charge in [-0.25, -0.2) is 4.39 Å². The summed E-state index contributed by atoms with van der Waals surface area (Å²) in [6.07, 6.45) is 0.0818. The fraction of sp³-hybridized carbons (Fsp3) is 0.455. The molecule has 0 nitrogen and oxygen atoms in total. The van der Waals surface area contributed by atoms with E-state index in [2.05, 4.69) is 0 Å². The lowest BCUT2D eigenvalue weighted by atomic mass is 9.88. The smallest absolute Gasteiger partial charge is 0.131 e. The molecule has 0 aromatic heterocycles. The second-order valence-corrected chi connectivity index (χ2v) is 4.23. The summed E-state index contributed by atoms with van der Waals surface area (Å²) >= 11 is 0. The molecule has 2 rings (SSSR count). The molecule has 64 valence electrons. The van der Waals surface area contributed by atoms with E-state index in [4.69, 9.17) is 0 Å². The molecule has 0 saturated heterocycles. The van der Waals surface area contributed by atoms with Crippen LogP contribution in [0, 0.1) is 5.41 Å². The Labute approximate surface area is 72.4 Å². The molecule has 1 heteroatoms. The number of alkyl halides is 1. The van der Waals surface area contributed by atoms with Gasteiger partial charge in [0, 0.05) is 5.41 Å². The summed E-state index contributed by atoms with van der Waals surface area (Å²) in [5.74, 6) is 0. The zero-order valence-corrected chi connectivity index (χ0v) is 7.47. The third kappa shape index (κ3) is 0.961. The van der Waals surface area contributed by atoms with Crippen molar-refractivity contribution in [3.8, 4) is 0 Å². The number of hydrogen-bond donors (Lipinski definition) is 0. The fourth-order valence-corrected chi connectivity index (χ4v) is 1.94. The number of fused-ring (bicyclic) bond motifs is 1. The molecule has 0 heterocycles. The molecule has 0 radical (unpaired) electrons. The average Bonchev–Trinajstić information content (AvgIpc) is 2.24. The van der Waals surface area contributed by atoms with Gasteiger partial charge >= 0.3 is 0 Å². The first kappa shape index (κ1) is 7.78. The topological polar surface area (TPSA) is 0 Å². The van der Waals surface area contributed by atoms with Crippen molar-refractivity contribution in [1.29, 1.82) is 0 Å². The highest BCUT2D eigenvalue weighted by molar-refractivity contribution is 5.36. The lowest BCUT2D eigenvalue weighted by Gasteiger charge is -2.19. The highest BCUT2D eigenvalue weighted by Crippen LogP contribution is 2.47. The summed E-state index contributed by atoms with van der Waals surface area (Å²) in [6, 6.07) is 7.81. The Kier molecular flexibility index (Phi) is 1.50. The number of halogens is 1. The molecule has 0 fully saturated rings. The van der Waals surface area contributed by atoms with E-state index in [1.807, 2.05) is 38.1 Å². The average molecular weight is 164 g/mol. The van der Waals surface area contributed by atoms with Crippen LogP contribution in [-0.2, 0) is 6.42 Å². The maximum Gasteiger partial charge on any atom is 0.131 e. The Morgan fingerprint density at radius 1 is 1.33 bits per heavy atom. The molecule has 1 aliphatic carbocycles. The molecule has 0 bridgehead atoms. The van der Waals surface area contributed by atoms with Crippen molar-refractivity contribution < 1.29 is 4.39 Å². The molecular formula is C11H13F. The van der Waals surface area contributed by atoms with Gasteiger partial charge in [0.25, 0.3) is 0 Å². The van der Waals surface area contributed by atoms with Crippen LogP contribution in [0.4, 0.5) is 4.39 Å². The van der Waals surface area contributed by atoms with Gasteiger partial charge in [-0.2, -0.15) is 0 Å². The predicted molar refractivity (Wildman–Crippen MR) is 47.8 cm³/mol. The van der Waals surface area contributed by atoms with Crippen molar-refractivity contribution in [2.75, 3.05) is 0 Å². The van der Waals surface area contributed by atoms with Crippen molar-refractivity contribution in [3.05, 3.63) is 35.4 Å². The van der Waals surface area contributed by atoms with Crippen LogP contribution in [0.1, 0.15) is 31.1 Å². The maximum atomic E-state index is 13.7. The Hall–Kier alpha value is -0.850. The molecule has 0 saturated carbocycles. The van der Waals surface area contributed by atoms with Crippen LogP contribution in [0.15, 0.2) is 24.3 Å². The second-order valence-electron chi connectivity index (χ2n) is 4.23. The van der Waals surface area contributed by atoms with E-state index in [-0.39, 0.29) is 5.41 Å². The first-order valence-electron chi connectivity index (χ1n) is 4.33. The SMILES string of the molecule is CC1(C)Cc2ccccc2C1F. The normalized spacial score (nSPS) is 25.4. The molecule has 1 atom stereocenters. The molecule has 12 heavy (non-hydrogen) atoms. The molecule has 0 spiro atoms. The lowest BCUT2D eigenvalue weighted by molar-refractivity contribution is 0.167. The summed E-state index contributed by atoms with van der Waals surface area (Å²) in [5.41, 5.74) is 1.86. The van der Waals surface area contributed by atoms with Crippen LogP contribution < -0.4 is 0 Å². The second kappa shape index (κ2) is 2.32. The molecule has 1 unspecified atom stereocenters. The minimum absolute atomic E-state index is 0.205. The molecular weight excluding hydrogens is 151 g/mol. The molecule has 0 aliphatic heterocycles. The summed E-state index contributed by atoms with van der Waals surface area (Å²) in [4.78, 5) is 0. The number of benzene rings is 1. The number of rotatable bonds is 0. The van der Waals surface area contributed by atoms with Crippen molar-refractivity contribution in [2.24, 2.45) is 5.41 Å². The maximum absolute atomic E-state index is 13.7. The third-order valence-corrected chi connectivity index (χ3v) is 2.66. The first-order valence-corrected chi connectivity index (χ1v) is 4.33. The van der Waals surface area contributed by atoms with Crippen molar-refractivity contribution in [2.45, 2.75) is 26.4 Å². The molecule has 0 amide bonds. The zero-order chi connectivity index (χ0) is 8.77. The lowest BCUT2D eigenvalue weighted by Crippen LogP contribution is -2.13. The van der Waals surface area contributed by atoms with Gasteiger partial charge in [0.1, 0.15) is 6.17 Å². The highest BCUT2D eigenvalue weighted by Gasteiger charge is 2.38. The predicted octanol–water partition coefficient (Wildman–Crippen LogP) is 3.28. The summed E-state index contributed by atoms with van der Waals surface area (Å²) in [6.45, 7) is 3.97. The monoisotopic (exact) mass is 164 g/mol. The largest absolute Gasteiger partial charge is 0.242 e. The van der Waals surface area contributed by atoms with E-state index in [0.717, 1.165) is 12.0 Å². The van der Waals surface area contributed by atoms with Crippen LogP contribution in [-0.4, -0.2) is 0 Å². The summed E-state index contributed by atoms with van der Waals surface area (Å²) in [7, 11) is 0. The Morgan fingerprint density at radius 2 is 2.00 bits per heavy atom. The van der Waals surface area contributed by atoms with Gasteiger partial charge in [0.15, 0.2) is 0 Å². The van der Waals surface area contributed by atoms with E-state index in [9.17, 15) is 4.39 Å². The fourth-order valence-electron chi connectivity index (χ4n) is 1.94. The van der Waals surface area contributed by atoms with Gasteiger partial charge < -0.3 is 0 Å². The minimum atomic E-state index is -0.784. The first-order chi connectivity index (χ1) is 5.61. The van der Waals surface area contributed by atoms with Crippen LogP contribution in [0.3, 0.4) is 0 Å². The molecule has 1 aliphatic rings. The number of hydrogen-bond acceptors (Lipinski definition) is 0. The Morgan fingerprint density at radius 3 is 2.67 bits per heavy atom. The van der Waals surface area contributed by atoms with E-state index in [1.165, 1.54) is 5.56 Å². The third-order valence-electron chi connectivity index (χ3n) is 2.66.